The monoisotopic (exact) mass is 458 g/mol. The van der Waals surface area contributed by atoms with Gasteiger partial charge in [0.05, 0.1) is 11.3 Å². The van der Waals surface area contributed by atoms with Crippen LogP contribution in [0.25, 0.3) is 21.2 Å². The van der Waals surface area contributed by atoms with E-state index in [0.29, 0.717) is 11.6 Å². The molecule has 4 aromatic rings. The van der Waals surface area contributed by atoms with Gasteiger partial charge in [-0.1, -0.05) is 23.5 Å². The lowest BCUT2D eigenvalue weighted by molar-refractivity contribution is 0.0992. The number of aromatic nitrogens is 3. The van der Waals surface area contributed by atoms with Crippen molar-refractivity contribution in [1.82, 2.24) is 19.9 Å². The zero-order valence-electron chi connectivity index (χ0n) is 18.9. The first-order valence-corrected chi connectivity index (χ1v) is 11.7. The second-order valence-corrected chi connectivity index (χ2v) is 9.57. The summed E-state index contributed by atoms with van der Waals surface area (Å²) in [5.41, 5.74) is 2.54. The summed E-state index contributed by atoms with van der Waals surface area (Å²) in [6.45, 7) is 1.86. The first-order chi connectivity index (χ1) is 16.0. The van der Waals surface area contributed by atoms with E-state index in [9.17, 15) is 4.79 Å². The molecule has 1 fully saturated rings. The summed E-state index contributed by atoms with van der Waals surface area (Å²) < 4.78 is 0. The van der Waals surface area contributed by atoms with Gasteiger partial charge in [0.15, 0.2) is 10.9 Å². The van der Waals surface area contributed by atoms with Crippen LogP contribution in [0.15, 0.2) is 55.0 Å². The van der Waals surface area contributed by atoms with Crippen molar-refractivity contribution in [3.63, 3.8) is 0 Å². The van der Waals surface area contributed by atoms with Gasteiger partial charge in [-0.05, 0) is 49.3 Å². The molecule has 3 aromatic heterocycles. The van der Waals surface area contributed by atoms with Crippen LogP contribution in [0.3, 0.4) is 0 Å². The number of fused-ring (bicyclic) bond motifs is 1. The van der Waals surface area contributed by atoms with Crippen LogP contribution < -0.4 is 10.2 Å². The Bertz CT molecular complexity index is 1310. The lowest BCUT2D eigenvalue weighted by Crippen LogP contribution is -2.57. The molecule has 1 aromatic carbocycles. The molecule has 1 N–H and O–H groups in total. The highest BCUT2D eigenvalue weighted by Gasteiger charge is 2.29. The van der Waals surface area contributed by atoms with E-state index in [1.807, 2.05) is 31.6 Å². The molecule has 0 unspecified atom stereocenters. The number of hydrogen-bond acceptors (Lipinski definition) is 8. The fourth-order valence-electron chi connectivity index (χ4n) is 3.96. The summed E-state index contributed by atoms with van der Waals surface area (Å²) in [7, 11) is 6.05. The van der Waals surface area contributed by atoms with Crippen molar-refractivity contribution in [2.75, 3.05) is 44.4 Å². The number of carbonyl (C=O) groups excluding carboxylic acids is 1. The van der Waals surface area contributed by atoms with Crippen molar-refractivity contribution in [1.29, 1.82) is 0 Å². The van der Waals surface area contributed by atoms with Gasteiger partial charge in [-0.3, -0.25) is 9.78 Å². The van der Waals surface area contributed by atoms with E-state index in [2.05, 4.69) is 62.4 Å². The lowest BCUT2D eigenvalue weighted by Gasteiger charge is -2.43. The quantitative estimate of drug-likeness (QED) is 0.420. The predicted octanol–water partition coefficient (Wildman–Crippen LogP) is 3.97. The van der Waals surface area contributed by atoms with Gasteiger partial charge in [-0.15, -0.1) is 0 Å². The van der Waals surface area contributed by atoms with Crippen LogP contribution in [0.1, 0.15) is 16.1 Å². The van der Waals surface area contributed by atoms with Crippen LogP contribution in [0, 0.1) is 0 Å². The predicted molar refractivity (Wildman–Crippen MR) is 134 cm³/mol. The second kappa shape index (κ2) is 8.88. The number of likely N-dealkylation sites (N-methyl/N-ethyl adjacent to an activating group) is 1. The van der Waals surface area contributed by atoms with E-state index in [0.717, 1.165) is 50.9 Å². The lowest BCUT2D eigenvalue weighted by atomic mass is 10.0. The van der Waals surface area contributed by atoms with E-state index < -0.39 is 0 Å². The smallest absolute Gasteiger partial charge is 0.182 e. The summed E-state index contributed by atoms with van der Waals surface area (Å²) in [5.74, 6) is 0.910. The molecular formula is C25H26N6OS. The second-order valence-electron chi connectivity index (χ2n) is 8.54. The van der Waals surface area contributed by atoms with Crippen LogP contribution in [0.5, 0.6) is 0 Å². The summed E-state index contributed by atoms with van der Waals surface area (Å²) >= 11 is 1.61. The first-order valence-electron chi connectivity index (χ1n) is 10.9. The number of benzene rings is 1. The Morgan fingerprint density at radius 1 is 1.09 bits per heavy atom. The van der Waals surface area contributed by atoms with Gasteiger partial charge in [0.2, 0.25) is 0 Å². The number of thiazole rings is 1. The Kier molecular flexibility index (Phi) is 5.78. The average Bonchev–Trinajstić information content (AvgIpc) is 3.27. The van der Waals surface area contributed by atoms with Crippen molar-refractivity contribution in [2.45, 2.75) is 12.5 Å². The van der Waals surface area contributed by atoms with Gasteiger partial charge in [0.25, 0.3) is 0 Å². The van der Waals surface area contributed by atoms with Crippen molar-refractivity contribution in [2.24, 2.45) is 0 Å². The maximum Gasteiger partial charge on any atom is 0.182 e. The highest BCUT2D eigenvalue weighted by Crippen LogP contribution is 2.31. The summed E-state index contributed by atoms with van der Waals surface area (Å²) in [4.78, 5) is 31.9. The zero-order chi connectivity index (χ0) is 22.9. The number of hydrogen-bond donors (Lipinski definition) is 1. The topological polar surface area (TPSA) is 74.2 Å². The van der Waals surface area contributed by atoms with Gasteiger partial charge in [-0.25, -0.2) is 9.97 Å². The fraction of sp³-hybridized carbons (Fsp3) is 0.280. The third kappa shape index (κ3) is 4.44. The van der Waals surface area contributed by atoms with Crippen molar-refractivity contribution in [3.05, 3.63) is 66.2 Å². The number of rotatable bonds is 7. The Morgan fingerprint density at radius 3 is 2.70 bits per heavy atom. The fourth-order valence-corrected chi connectivity index (χ4v) is 4.73. The summed E-state index contributed by atoms with van der Waals surface area (Å²) in [5, 5.41) is 6.08. The number of anilines is 2. The van der Waals surface area contributed by atoms with Gasteiger partial charge >= 0.3 is 0 Å². The van der Waals surface area contributed by atoms with Crippen LogP contribution in [0.2, 0.25) is 0 Å². The minimum atomic E-state index is 0.0486. The largest absolute Gasteiger partial charge is 0.365 e. The molecule has 0 spiro atoms. The number of ketones is 1. The van der Waals surface area contributed by atoms with Gasteiger partial charge in [0.1, 0.15) is 5.82 Å². The molecular weight excluding hydrogens is 432 g/mol. The van der Waals surface area contributed by atoms with Crippen LogP contribution in [0.4, 0.5) is 10.9 Å². The van der Waals surface area contributed by atoms with Crippen LogP contribution in [-0.2, 0) is 6.42 Å². The summed E-state index contributed by atoms with van der Waals surface area (Å²) in [6.07, 6.45) is 5.70. The van der Waals surface area contributed by atoms with Crippen molar-refractivity contribution >= 4 is 38.8 Å². The molecule has 0 bridgehead atoms. The van der Waals surface area contributed by atoms with Crippen LogP contribution >= 0.6 is 11.3 Å². The number of nitrogens with zero attached hydrogens (tertiary/aromatic N) is 5. The molecule has 1 aliphatic rings. The standard InChI is InChI=1S/C25H26N6OS/c1-26-25-29-13-23(33-25)17-4-5-18-12-28-20(9-19(18)8-17)11-22(32)16-6-7-27-24(10-16)31-14-21(15-31)30(2)3/h4-10,12-13,21H,11,14-15H2,1-3H3,(H,26,29). The normalized spacial score (nSPS) is 14.0. The summed E-state index contributed by atoms with van der Waals surface area (Å²) in [6, 6.07) is 12.5. The molecule has 0 amide bonds. The van der Waals surface area contributed by atoms with E-state index in [-0.39, 0.29) is 12.2 Å². The average molecular weight is 459 g/mol. The number of nitrogens with one attached hydrogen (secondary N) is 1. The SMILES string of the molecule is CNc1ncc(-c2ccc3cnc(CC(=O)c4ccnc(N5CC(N(C)C)C5)c4)cc3c2)s1. The van der Waals surface area contributed by atoms with E-state index in [1.165, 1.54) is 0 Å². The van der Waals surface area contributed by atoms with Gasteiger partial charge in [0, 0.05) is 61.4 Å². The third-order valence-corrected chi connectivity index (χ3v) is 7.17. The van der Waals surface area contributed by atoms with Crippen molar-refractivity contribution < 1.29 is 4.79 Å². The molecule has 4 heterocycles. The molecule has 0 atom stereocenters. The minimum absolute atomic E-state index is 0.0486. The third-order valence-electron chi connectivity index (χ3n) is 6.11. The highest BCUT2D eigenvalue weighted by molar-refractivity contribution is 7.18. The van der Waals surface area contributed by atoms with Crippen LogP contribution in [-0.4, -0.2) is 65.9 Å². The molecule has 0 radical (unpaired) electrons. The Labute approximate surface area is 197 Å². The molecule has 1 aliphatic heterocycles. The molecule has 0 aliphatic carbocycles. The van der Waals surface area contributed by atoms with Crippen molar-refractivity contribution in [3.8, 4) is 10.4 Å². The van der Waals surface area contributed by atoms with E-state index in [4.69, 9.17) is 0 Å². The number of Topliss-reactive ketones (excluding diaryl/α,β-unsaturated/α-hetero) is 1. The minimum Gasteiger partial charge on any atom is -0.365 e. The Hall–Kier alpha value is -3.36. The molecule has 33 heavy (non-hydrogen) atoms. The molecule has 1 saturated heterocycles. The first kappa shape index (κ1) is 21.5. The molecule has 0 saturated carbocycles. The van der Waals surface area contributed by atoms with E-state index >= 15 is 0 Å². The molecule has 5 rings (SSSR count). The molecule has 8 heteroatoms. The maximum absolute atomic E-state index is 13.0. The number of carbonyl (C=O) groups is 1. The zero-order valence-corrected chi connectivity index (χ0v) is 19.8. The highest BCUT2D eigenvalue weighted by atomic mass is 32.1. The molecule has 7 nitrogen and oxygen atoms in total. The Balaban J connectivity index is 1.33. The Morgan fingerprint density at radius 2 is 1.94 bits per heavy atom. The van der Waals surface area contributed by atoms with Gasteiger partial charge in [-0.2, -0.15) is 0 Å². The molecule has 168 valence electrons. The number of pyridine rings is 2. The maximum atomic E-state index is 13.0. The van der Waals surface area contributed by atoms with E-state index in [1.54, 1.807) is 23.6 Å². The van der Waals surface area contributed by atoms with Gasteiger partial charge < -0.3 is 15.1 Å².